The number of fused-ring (bicyclic) bond motifs is 1. The molecule has 0 aliphatic carbocycles. The number of amides is 1. The van der Waals surface area contributed by atoms with E-state index in [1.807, 2.05) is 5.43 Å². The van der Waals surface area contributed by atoms with E-state index in [1.165, 1.54) is 4.52 Å². The molecule has 1 amide bonds. The Morgan fingerprint density at radius 2 is 2.36 bits per heavy atom. The molecule has 0 atom stereocenters. The SMILES string of the molecule is Cc1c(C(=O)NN)nnc2ccnn12. The van der Waals surface area contributed by atoms with Crippen LogP contribution >= 0.6 is 0 Å². The van der Waals surface area contributed by atoms with Crippen LogP contribution in [0.1, 0.15) is 16.2 Å². The van der Waals surface area contributed by atoms with E-state index in [0.717, 1.165) is 0 Å². The number of nitrogens with two attached hydrogens (primary N) is 1. The molecule has 2 aromatic rings. The molecule has 0 aliphatic rings. The van der Waals surface area contributed by atoms with Crippen molar-refractivity contribution in [2.75, 3.05) is 0 Å². The molecule has 0 aromatic carbocycles. The first-order valence-electron chi connectivity index (χ1n) is 3.92. The van der Waals surface area contributed by atoms with Crippen LogP contribution in [0.25, 0.3) is 5.65 Å². The van der Waals surface area contributed by atoms with Crippen molar-refractivity contribution in [3.05, 3.63) is 23.7 Å². The highest BCUT2D eigenvalue weighted by atomic mass is 16.2. The molecule has 3 N–H and O–H groups in total. The molecule has 0 saturated carbocycles. The second kappa shape index (κ2) is 3.04. The van der Waals surface area contributed by atoms with Gasteiger partial charge in [-0.25, -0.2) is 10.4 Å². The monoisotopic (exact) mass is 192 g/mol. The molecule has 0 fully saturated rings. The fourth-order valence-electron chi connectivity index (χ4n) is 1.18. The van der Waals surface area contributed by atoms with Crippen molar-refractivity contribution < 1.29 is 4.79 Å². The zero-order valence-corrected chi connectivity index (χ0v) is 7.43. The van der Waals surface area contributed by atoms with E-state index in [1.54, 1.807) is 19.2 Å². The summed E-state index contributed by atoms with van der Waals surface area (Å²) in [6, 6.07) is 1.70. The van der Waals surface area contributed by atoms with Crippen molar-refractivity contribution in [1.82, 2.24) is 25.2 Å². The highest BCUT2D eigenvalue weighted by Crippen LogP contribution is 2.05. The highest BCUT2D eigenvalue weighted by Gasteiger charge is 2.13. The van der Waals surface area contributed by atoms with Crippen molar-refractivity contribution >= 4 is 11.6 Å². The van der Waals surface area contributed by atoms with Gasteiger partial charge in [-0.2, -0.15) is 5.10 Å². The van der Waals surface area contributed by atoms with E-state index < -0.39 is 5.91 Å². The van der Waals surface area contributed by atoms with Crippen molar-refractivity contribution in [3.8, 4) is 0 Å². The minimum Gasteiger partial charge on any atom is -0.289 e. The normalized spacial score (nSPS) is 10.4. The summed E-state index contributed by atoms with van der Waals surface area (Å²) in [6.07, 6.45) is 1.58. The first-order chi connectivity index (χ1) is 6.74. The lowest BCUT2D eigenvalue weighted by molar-refractivity contribution is 0.0946. The molecule has 0 radical (unpaired) electrons. The third kappa shape index (κ3) is 1.11. The van der Waals surface area contributed by atoms with E-state index in [2.05, 4.69) is 15.3 Å². The van der Waals surface area contributed by atoms with Crippen LogP contribution in [0.3, 0.4) is 0 Å². The van der Waals surface area contributed by atoms with Crippen LogP contribution in [-0.4, -0.2) is 25.7 Å². The number of hydrazine groups is 1. The molecule has 7 nitrogen and oxygen atoms in total. The molecule has 0 bridgehead atoms. The number of rotatable bonds is 1. The number of nitrogens with one attached hydrogen (secondary N) is 1. The number of aryl methyl sites for hydroxylation is 1. The Balaban J connectivity index is 2.67. The summed E-state index contributed by atoms with van der Waals surface area (Å²) in [4.78, 5) is 11.2. The van der Waals surface area contributed by atoms with E-state index in [-0.39, 0.29) is 5.69 Å². The van der Waals surface area contributed by atoms with Gasteiger partial charge >= 0.3 is 0 Å². The highest BCUT2D eigenvalue weighted by molar-refractivity contribution is 5.92. The topological polar surface area (TPSA) is 98.2 Å². The Morgan fingerprint density at radius 1 is 1.57 bits per heavy atom. The summed E-state index contributed by atoms with van der Waals surface area (Å²) in [5, 5.41) is 11.5. The molecule has 0 saturated heterocycles. The summed E-state index contributed by atoms with van der Waals surface area (Å²) < 4.78 is 1.53. The standard InChI is InChI=1S/C7H8N6O/c1-4-6(7(14)10-8)12-11-5-2-3-9-13(4)5/h2-3H,8H2,1H3,(H,10,14). The van der Waals surface area contributed by atoms with Gasteiger partial charge in [-0.1, -0.05) is 0 Å². The van der Waals surface area contributed by atoms with Gasteiger partial charge in [0.1, 0.15) is 0 Å². The van der Waals surface area contributed by atoms with E-state index in [0.29, 0.717) is 11.3 Å². The van der Waals surface area contributed by atoms with Gasteiger partial charge in [-0.05, 0) is 6.92 Å². The minimum absolute atomic E-state index is 0.170. The molecular formula is C7H8N6O. The maximum atomic E-state index is 11.2. The quantitative estimate of drug-likeness (QED) is 0.344. The van der Waals surface area contributed by atoms with Gasteiger partial charge in [0.25, 0.3) is 5.91 Å². The number of hydrogen-bond donors (Lipinski definition) is 2. The fourth-order valence-corrected chi connectivity index (χ4v) is 1.18. The van der Waals surface area contributed by atoms with Crippen molar-refractivity contribution in [2.45, 2.75) is 6.92 Å². The molecule has 0 unspecified atom stereocenters. The molecule has 72 valence electrons. The van der Waals surface area contributed by atoms with Gasteiger partial charge in [0.15, 0.2) is 11.3 Å². The summed E-state index contributed by atoms with van der Waals surface area (Å²) in [5.74, 6) is 4.52. The van der Waals surface area contributed by atoms with Gasteiger partial charge in [0.2, 0.25) is 0 Å². The first-order valence-corrected chi connectivity index (χ1v) is 3.92. The zero-order valence-electron chi connectivity index (χ0n) is 7.43. The molecule has 2 rings (SSSR count). The molecule has 2 heterocycles. The molecule has 7 heteroatoms. The number of carbonyl (C=O) groups excluding carboxylic acids is 1. The number of nitrogen functional groups attached to an aromatic ring is 1. The van der Waals surface area contributed by atoms with Crippen LogP contribution in [0.15, 0.2) is 12.3 Å². The van der Waals surface area contributed by atoms with Crippen LogP contribution < -0.4 is 11.3 Å². The maximum absolute atomic E-state index is 11.2. The fraction of sp³-hybridized carbons (Fsp3) is 0.143. The van der Waals surface area contributed by atoms with Crippen LogP contribution in [0, 0.1) is 6.92 Å². The second-order valence-electron chi connectivity index (χ2n) is 2.71. The third-order valence-electron chi connectivity index (χ3n) is 1.88. The number of aromatic nitrogens is 4. The smallest absolute Gasteiger partial charge is 0.287 e. The van der Waals surface area contributed by atoms with E-state index in [4.69, 9.17) is 5.84 Å². The number of nitrogens with zero attached hydrogens (tertiary/aromatic N) is 4. The Hall–Kier alpha value is -2.02. The van der Waals surface area contributed by atoms with Gasteiger partial charge in [-0.15, -0.1) is 10.2 Å². The number of carbonyl (C=O) groups is 1. The predicted octanol–water partition coefficient (Wildman–Crippen LogP) is -0.964. The Morgan fingerprint density at radius 3 is 3.07 bits per heavy atom. The van der Waals surface area contributed by atoms with Gasteiger partial charge in [0, 0.05) is 6.07 Å². The average Bonchev–Trinajstić information content (AvgIpc) is 2.66. The number of hydrogen-bond acceptors (Lipinski definition) is 5. The summed E-state index contributed by atoms with van der Waals surface area (Å²) in [7, 11) is 0. The molecule has 14 heavy (non-hydrogen) atoms. The van der Waals surface area contributed by atoms with Gasteiger partial charge in [-0.3, -0.25) is 10.2 Å². The second-order valence-corrected chi connectivity index (χ2v) is 2.71. The van der Waals surface area contributed by atoms with Crippen LogP contribution in [0.5, 0.6) is 0 Å². The molecule has 0 spiro atoms. The van der Waals surface area contributed by atoms with Gasteiger partial charge in [0.05, 0.1) is 11.9 Å². The van der Waals surface area contributed by atoms with Crippen LogP contribution in [0.4, 0.5) is 0 Å². The molecular weight excluding hydrogens is 184 g/mol. The molecule has 2 aromatic heterocycles. The predicted molar refractivity (Wildman–Crippen MR) is 47.2 cm³/mol. The third-order valence-corrected chi connectivity index (χ3v) is 1.88. The van der Waals surface area contributed by atoms with E-state index >= 15 is 0 Å². The Labute approximate surface area is 78.9 Å². The van der Waals surface area contributed by atoms with Crippen molar-refractivity contribution in [3.63, 3.8) is 0 Å². The van der Waals surface area contributed by atoms with Crippen LogP contribution in [0.2, 0.25) is 0 Å². The maximum Gasteiger partial charge on any atom is 0.287 e. The lowest BCUT2D eigenvalue weighted by Gasteiger charge is -2.03. The van der Waals surface area contributed by atoms with Crippen molar-refractivity contribution in [1.29, 1.82) is 0 Å². The summed E-state index contributed by atoms with van der Waals surface area (Å²) >= 11 is 0. The Bertz CT molecular complexity index is 490. The lowest BCUT2D eigenvalue weighted by atomic mass is 10.3. The van der Waals surface area contributed by atoms with Crippen LogP contribution in [-0.2, 0) is 0 Å². The first kappa shape index (κ1) is 8.57. The average molecular weight is 192 g/mol. The van der Waals surface area contributed by atoms with Gasteiger partial charge < -0.3 is 0 Å². The zero-order chi connectivity index (χ0) is 10.1. The lowest BCUT2D eigenvalue weighted by Crippen LogP contribution is -2.32. The minimum atomic E-state index is -0.479. The van der Waals surface area contributed by atoms with Crippen molar-refractivity contribution in [2.24, 2.45) is 5.84 Å². The summed E-state index contributed by atoms with van der Waals surface area (Å²) in [6.45, 7) is 1.72. The molecule has 0 aliphatic heterocycles. The largest absolute Gasteiger partial charge is 0.289 e. The van der Waals surface area contributed by atoms with E-state index in [9.17, 15) is 4.79 Å². The Kier molecular flexibility index (Phi) is 1.86. The summed E-state index contributed by atoms with van der Waals surface area (Å²) in [5.41, 5.74) is 3.36.